The lowest BCUT2D eigenvalue weighted by Crippen LogP contribution is -2.25. The Labute approximate surface area is 110 Å². The lowest BCUT2D eigenvalue weighted by molar-refractivity contribution is 0.0784. The maximum Gasteiger partial charge on any atom is 0.257 e. The Hall–Kier alpha value is -1.94. The van der Waals surface area contributed by atoms with Crippen molar-refractivity contribution in [1.82, 2.24) is 4.90 Å². The molecule has 0 saturated carbocycles. The maximum absolute atomic E-state index is 12.0. The average Bonchev–Trinajstić information content (AvgIpc) is 2.86. The summed E-state index contributed by atoms with van der Waals surface area (Å²) >= 11 is 6.06. The van der Waals surface area contributed by atoms with E-state index in [-0.39, 0.29) is 5.91 Å². The summed E-state index contributed by atoms with van der Waals surface area (Å²) in [4.78, 5) is 13.6. The molecule has 0 bridgehead atoms. The third-order valence-electron chi connectivity index (χ3n) is 2.59. The molecule has 5 heteroatoms. The summed E-state index contributed by atoms with van der Waals surface area (Å²) in [5.41, 5.74) is 7.65. The molecule has 18 heavy (non-hydrogen) atoms. The zero-order valence-electron chi connectivity index (χ0n) is 9.89. The summed E-state index contributed by atoms with van der Waals surface area (Å²) < 4.78 is 4.89. The van der Waals surface area contributed by atoms with E-state index in [2.05, 4.69) is 0 Å². The van der Waals surface area contributed by atoms with E-state index in [0.29, 0.717) is 22.8 Å². The Morgan fingerprint density at radius 1 is 1.44 bits per heavy atom. The zero-order valence-corrected chi connectivity index (χ0v) is 10.6. The van der Waals surface area contributed by atoms with Gasteiger partial charge in [0.1, 0.15) is 6.26 Å². The van der Waals surface area contributed by atoms with Crippen molar-refractivity contribution >= 4 is 23.2 Å². The summed E-state index contributed by atoms with van der Waals surface area (Å²) in [6.45, 7) is 0.397. The van der Waals surface area contributed by atoms with Crippen molar-refractivity contribution in [3.8, 4) is 0 Å². The highest BCUT2D eigenvalue weighted by molar-refractivity contribution is 6.31. The van der Waals surface area contributed by atoms with Crippen LogP contribution in [0.5, 0.6) is 0 Å². The molecule has 0 radical (unpaired) electrons. The summed E-state index contributed by atoms with van der Waals surface area (Å²) in [6, 6.07) is 6.84. The van der Waals surface area contributed by atoms with Gasteiger partial charge >= 0.3 is 0 Å². The van der Waals surface area contributed by atoms with Crippen LogP contribution in [-0.4, -0.2) is 17.9 Å². The van der Waals surface area contributed by atoms with Gasteiger partial charge in [-0.15, -0.1) is 0 Å². The first-order valence-electron chi connectivity index (χ1n) is 5.39. The van der Waals surface area contributed by atoms with Crippen LogP contribution in [0.2, 0.25) is 5.02 Å². The van der Waals surface area contributed by atoms with Gasteiger partial charge in [0.25, 0.3) is 5.91 Å². The highest BCUT2D eigenvalue weighted by Crippen LogP contribution is 2.20. The van der Waals surface area contributed by atoms with E-state index in [4.69, 9.17) is 21.8 Å². The Kier molecular flexibility index (Phi) is 3.58. The van der Waals surface area contributed by atoms with E-state index >= 15 is 0 Å². The molecule has 0 aliphatic carbocycles. The first kappa shape index (κ1) is 12.5. The lowest BCUT2D eigenvalue weighted by Gasteiger charge is -2.17. The van der Waals surface area contributed by atoms with Crippen LogP contribution in [0.3, 0.4) is 0 Å². The number of carbonyl (C=O) groups is 1. The average molecular weight is 265 g/mol. The quantitative estimate of drug-likeness (QED) is 0.867. The molecular weight excluding hydrogens is 252 g/mol. The number of halogens is 1. The molecule has 0 unspecified atom stereocenters. The molecule has 0 aliphatic heterocycles. The minimum atomic E-state index is -0.123. The lowest BCUT2D eigenvalue weighted by atomic mass is 10.2. The zero-order chi connectivity index (χ0) is 13.1. The number of carbonyl (C=O) groups excluding carboxylic acids is 1. The predicted molar refractivity (Wildman–Crippen MR) is 70.4 cm³/mol. The molecule has 0 aliphatic rings. The van der Waals surface area contributed by atoms with E-state index in [9.17, 15) is 4.79 Å². The van der Waals surface area contributed by atoms with Crippen molar-refractivity contribution in [3.63, 3.8) is 0 Å². The fourth-order valence-corrected chi connectivity index (χ4v) is 1.83. The van der Waals surface area contributed by atoms with Gasteiger partial charge in [0.05, 0.1) is 11.8 Å². The van der Waals surface area contributed by atoms with E-state index < -0.39 is 0 Å². The van der Waals surface area contributed by atoms with Gasteiger partial charge in [-0.2, -0.15) is 0 Å². The standard InChI is InChI=1S/C13H13ClN2O2/c1-16(13(17)9-4-5-18-8-9)7-10-6-11(15)2-3-12(10)14/h2-6,8H,7,15H2,1H3. The second-order valence-corrected chi connectivity index (χ2v) is 4.43. The van der Waals surface area contributed by atoms with Crippen LogP contribution in [0.1, 0.15) is 15.9 Å². The molecule has 2 aromatic rings. The minimum Gasteiger partial charge on any atom is -0.472 e. The normalized spacial score (nSPS) is 10.3. The molecule has 1 heterocycles. The van der Waals surface area contributed by atoms with Gasteiger partial charge < -0.3 is 15.1 Å². The highest BCUT2D eigenvalue weighted by atomic mass is 35.5. The number of amides is 1. The van der Waals surface area contributed by atoms with E-state index in [1.807, 2.05) is 0 Å². The first-order chi connectivity index (χ1) is 8.58. The number of rotatable bonds is 3. The van der Waals surface area contributed by atoms with Crippen LogP contribution in [0, 0.1) is 0 Å². The number of hydrogen-bond acceptors (Lipinski definition) is 3. The number of nitrogens with two attached hydrogens (primary N) is 1. The molecule has 4 nitrogen and oxygen atoms in total. The van der Waals surface area contributed by atoms with E-state index in [0.717, 1.165) is 5.56 Å². The summed E-state index contributed by atoms with van der Waals surface area (Å²) in [5, 5.41) is 0.594. The van der Waals surface area contributed by atoms with Crippen molar-refractivity contribution in [2.75, 3.05) is 12.8 Å². The van der Waals surface area contributed by atoms with Gasteiger partial charge in [-0.05, 0) is 29.8 Å². The van der Waals surface area contributed by atoms with Gasteiger partial charge in [-0.1, -0.05) is 11.6 Å². The van der Waals surface area contributed by atoms with Crippen LogP contribution in [0.25, 0.3) is 0 Å². The van der Waals surface area contributed by atoms with Crippen molar-refractivity contribution < 1.29 is 9.21 Å². The van der Waals surface area contributed by atoms with Crippen molar-refractivity contribution in [1.29, 1.82) is 0 Å². The van der Waals surface area contributed by atoms with Crippen molar-refractivity contribution in [2.45, 2.75) is 6.54 Å². The predicted octanol–water partition coefficient (Wildman–Crippen LogP) is 2.79. The second-order valence-electron chi connectivity index (χ2n) is 4.02. The first-order valence-corrected chi connectivity index (χ1v) is 5.77. The number of nitrogen functional groups attached to an aromatic ring is 1. The molecule has 94 valence electrons. The summed E-state index contributed by atoms with van der Waals surface area (Å²) in [7, 11) is 1.70. The Morgan fingerprint density at radius 3 is 2.89 bits per heavy atom. The van der Waals surface area contributed by atoms with Crippen molar-refractivity contribution in [2.24, 2.45) is 0 Å². The van der Waals surface area contributed by atoms with Gasteiger partial charge in [0.15, 0.2) is 0 Å². The molecule has 1 aromatic carbocycles. The molecule has 0 fully saturated rings. The monoisotopic (exact) mass is 264 g/mol. The molecule has 1 amide bonds. The Bertz CT molecular complexity index is 552. The summed E-state index contributed by atoms with van der Waals surface area (Å²) in [5.74, 6) is -0.123. The van der Waals surface area contributed by atoms with Crippen molar-refractivity contribution in [3.05, 3.63) is 52.9 Å². The molecule has 0 spiro atoms. The number of hydrogen-bond donors (Lipinski definition) is 1. The topological polar surface area (TPSA) is 59.5 Å². The summed E-state index contributed by atoms with van der Waals surface area (Å²) in [6.07, 6.45) is 2.88. The van der Waals surface area contributed by atoms with E-state index in [1.54, 1.807) is 36.2 Å². The second kappa shape index (κ2) is 5.14. The molecule has 0 saturated heterocycles. The molecule has 1 aromatic heterocycles. The van der Waals surface area contributed by atoms with Gasteiger partial charge in [-0.3, -0.25) is 4.79 Å². The smallest absolute Gasteiger partial charge is 0.257 e. The Morgan fingerprint density at radius 2 is 2.22 bits per heavy atom. The van der Waals surface area contributed by atoms with Gasteiger partial charge in [-0.25, -0.2) is 0 Å². The van der Waals surface area contributed by atoms with Crippen LogP contribution >= 0.6 is 11.6 Å². The number of anilines is 1. The van der Waals surface area contributed by atoms with Crippen LogP contribution < -0.4 is 5.73 Å². The molecule has 0 atom stereocenters. The number of furan rings is 1. The third-order valence-corrected chi connectivity index (χ3v) is 2.96. The SMILES string of the molecule is CN(Cc1cc(N)ccc1Cl)C(=O)c1ccoc1. The fourth-order valence-electron chi connectivity index (χ4n) is 1.65. The third kappa shape index (κ3) is 2.65. The van der Waals surface area contributed by atoms with Crippen LogP contribution in [0.15, 0.2) is 41.2 Å². The van der Waals surface area contributed by atoms with Gasteiger partial charge in [0.2, 0.25) is 0 Å². The molecule has 2 rings (SSSR count). The van der Waals surface area contributed by atoms with Crippen LogP contribution in [-0.2, 0) is 6.54 Å². The number of nitrogens with zero attached hydrogens (tertiary/aromatic N) is 1. The Balaban J connectivity index is 2.14. The minimum absolute atomic E-state index is 0.123. The largest absolute Gasteiger partial charge is 0.472 e. The fraction of sp³-hybridized carbons (Fsp3) is 0.154. The molecule has 2 N–H and O–H groups in total. The highest BCUT2D eigenvalue weighted by Gasteiger charge is 2.14. The van der Waals surface area contributed by atoms with Gasteiger partial charge in [0, 0.05) is 24.3 Å². The number of benzene rings is 1. The van der Waals surface area contributed by atoms with Crippen LogP contribution in [0.4, 0.5) is 5.69 Å². The maximum atomic E-state index is 12.0. The molecular formula is C13H13ClN2O2. The van der Waals surface area contributed by atoms with E-state index in [1.165, 1.54) is 12.5 Å².